The Morgan fingerprint density at radius 2 is 1.67 bits per heavy atom. The normalized spacial score (nSPS) is 9.78. The molecule has 0 saturated heterocycles. The zero-order chi connectivity index (χ0) is 13.0. The molecule has 0 heterocycles. The summed E-state index contributed by atoms with van der Waals surface area (Å²) in [4.78, 5) is 0. The highest BCUT2D eigenvalue weighted by Crippen LogP contribution is 2.27. The molecule has 18 heavy (non-hydrogen) atoms. The second-order valence-corrected chi connectivity index (χ2v) is 4.05. The van der Waals surface area contributed by atoms with E-state index in [1.165, 1.54) is 12.1 Å². The number of para-hydroxylation sites is 1. The maximum Gasteiger partial charge on any atom is 0.175 e. The number of anilines is 2. The van der Waals surface area contributed by atoms with Crippen molar-refractivity contribution >= 4 is 28.7 Å². The van der Waals surface area contributed by atoms with Gasteiger partial charge in [-0.2, -0.15) is 0 Å². The van der Waals surface area contributed by atoms with Crippen LogP contribution in [0.4, 0.5) is 11.4 Å². The molecule has 4 nitrogen and oxygen atoms in total. The van der Waals surface area contributed by atoms with Crippen molar-refractivity contribution in [2.45, 2.75) is 0 Å². The van der Waals surface area contributed by atoms with Gasteiger partial charge < -0.3 is 20.8 Å². The Kier molecular flexibility index (Phi) is 3.64. The summed E-state index contributed by atoms with van der Waals surface area (Å²) in [5.74, 6) is -0.0628. The molecule has 2 aromatic rings. The van der Waals surface area contributed by atoms with Gasteiger partial charge in [0.2, 0.25) is 0 Å². The molecule has 0 aliphatic carbocycles. The third-order valence-electron chi connectivity index (χ3n) is 2.26. The minimum Gasteiger partial charge on any atom is -0.508 e. The lowest BCUT2D eigenvalue weighted by molar-refractivity contribution is 0.452. The number of phenolic OH excluding ortho intramolecular Hbond substituents is 2. The minimum atomic E-state index is -0.0628. The predicted molar refractivity (Wildman–Crippen MR) is 76.1 cm³/mol. The van der Waals surface area contributed by atoms with Gasteiger partial charge in [-0.15, -0.1) is 0 Å². The zero-order valence-electron chi connectivity index (χ0n) is 9.42. The molecule has 92 valence electrons. The van der Waals surface area contributed by atoms with Crippen molar-refractivity contribution < 1.29 is 10.2 Å². The van der Waals surface area contributed by atoms with Crippen LogP contribution in [0.3, 0.4) is 0 Å². The van der Waals surface area contributed by atoms with Gasteiger partial charge in [0.25, 0.3) is 0 Å². The Morgan fingerprint density at radius 1 is 0.944 bits per heavy atom. The molecule has 0 atom stereocenters. The standard InChI is InChI=1S/C13H12N2O2S/c16-10-6-7-11(12(17)8-10)15-13(18)14-9-4-2-1-3-5-9/h1-8,16-17H,(H2,14,15,18). The summed E-state index contributed by atoms with van der Waals surface area (Å²) >= 11 is 5.11. The Labute approximate surface area is 110 Å². The van der Waals surface area contributed by atoms with E-state index in [0.29, 0.717) is 10.8 Å². The maximum atomic E-state index is 9.60. The molecular formula is C13H12N2O2S. The fourth-order valence-electron chi connectivity index (χ4n) is 1.43. The number of thiocarbonyl (C=S) groups is 1. The number of aromatic hydroxyl groups is 2. The number of rotatable bonds is 2. The van der Waals surface area contributed by atoms with Gasteiger partial charge in [-0.3, -0.25) is 0 Å². The molecule has 0 bridgehead atoms. The molecule has 0 amide bonds. The number of hydrogen-bond acceptors (Lipinski definition) is 3. The molecule has 0 aliphatic heterocycles. The monoisotopic (exact) mass is 260 g/mol. The third-order valence-corrected chi connectivity index (χ3v) is 2.47. The van der Waals surface area contributed by atoms with Crippen molar-refractivity contribution in [3.63, 3.8) is 0 Å². The van der Waals surface area contributed by atoms with Gasteiger partial charge in [-0.1, -0.05) is 18.2 Å². The lowest BCUT2D eigenvalue weighted by Crippen LogP contribution is -2.18. The number of hydrogen-bond donors (Lipinski definition) is 4. The van der Waals surface area contributed by atoms with E-state index >= 15 is 0 Å². The summed E-state index contributed by atoms with van der Waals surface area (Å²) in [5, 5.41) is 25.0. The van der Waals surface area contributed by atoms with Crippen molar-refractivity contribution in [2.24, 2.45) is 0 Å². The quantitative estimate of drug-likeness (QED) is 0.380. The number of nitrogens with one attached hydrogen (secondary N) is 2. The van der Waals surface area contributed by atoms with E-state index in [1.807, 2.05) is 30.3 Å². The van der Waals surface area contributed by atoms with Crippen LogP contribution in [0.2, 0.25) is 0 Å². The van der Waals surface area contributed by atoms with E-state index in [1.54, 1.807) is 6.07 Å². The van der Waals surface area contributed by atoms with E-state index in [4.69, 9.17) is 12.2 Å². The van der Waals surface area contributed by atoms with E-state index in [2.05, 4.69) is 10.6 Å². The first-order chi connectivity index (χ1) is 8.65. The lowest BCUT2D eigenvalue weighted by Gasteiger charge is -2.11. The molecule has 2 rings (SSSR count). The Hall–Kier alpha value is -2.27. The Balaban J connectivity index is 2.03. The zero-order valence-corrected chi connectivity index (χ0v) is 10.2. The molecule has 0 fully saturated rings. The first kappa shape index (κ1) is 12.2. The molecular weight excluding hydrogens is 248 g/mol. The van der Waals surface area contributed by atoms with E-state index < -0.39 is 0 Å². The second kappa shape index (κ2) is 5.37. The minimum absolute atomic E-state index is 0.0000121. The first-order valence-electron chi connectivity index (χ1n) is 5.30. The summed E-state index contributed by atoms with van der Waals surface area (Å²) in [6, 6.07) is 13.7. The van der Waals surface area contributed by atoms with Crippen molar-refractivity contribution in [2.75, 3.05) is 10.6 Å². The fraction of sp³-hybridized carbons (Fsp3) is 0. The third kappa shape index (κ3) is 3.11. The average Bonchev–Trinajstić information content (AvgIpc) is 2.34. The smallest absolute Gasteiger partial charge is 0.175 e. The topological polar surface area (TPSA) is 64.5 Å². The highest BCUT2D eigenvalue weighted by atomic mass is 32.1. The van der Waals surface area contributed by atoms with Crippen molar-refractivity contribution in [3.05, 3.63) is 48.5 Å². The Morgan fingerprint density at radius 3 is 2.33 bits per heavy atom. The van der Waals surface area contributed by atoms with Crippen LogP contribution >= 0.6 is 12.2 Å². The summed E-state index contributed by atoms with van der Waals surface area (Å²) in [6.45, 7) is 0. The summed E-state index contributed by atoms with van der Waals surface area (Å²) < 4.78 is 0. The molecule has 0 aliphatic rings. The Bertz CT molecular complexity index is 558. The molecule has 4 N–H and O–H groups in total. The van der Waals surface area contributed by atoms with E-state index in [-0.39, 0.29) is 11.5 Å². The van der Waals surface area contributed by atoms with Gasteiger partial charge in [0, 0.05) is 11.8 Å². The average molecular weight is 260 g/mol. The van der Waals surface area contributed by atoms with Gasteiger partial charge in [0.1, 0.15) is 11.5 Å². The van der Waals surface area contributed by atoms with Crippen LogP contribution in [0, 0.1) is 0 Å². The second-order valence-electron chi connectivity index (χ2n) is 3.65. The van der Waals surface area contributed by atoms with Crippen molar-refractivity contribution in [1.29, 1.82) is 0 Å². The summed E-state index contributed by atoms with van der Waals surface area (Å²) in [7, 11) is 0. The lowest BCUT2D eigenvalue weighted by atomic mass is 10.3. The maximum absolute atomic E-state index is 9.60. The molecule has 0 spiro atoms. The largest absolute Gasteiger partial charge is 0.508 e. The molecule has 0 aromatic heterocycles. The van der Waals surface area contributed by atoms with Gasteiger partial charge >= 0.3 is 0 Å². The van der Waals surface area contributed by atoms with Crippen LogP contribution in [0.5, 0.6) is 11.5 Å². The van der Waals surface area contributed by atoms with Crippen molar-refractivity contribution in [3.8, 4) is 11.5 Å². The van der Waals surface area contributed by atoms with Crippen LogP contribution in [-0.4, -0.2) is 15.3 Å². The van der Waals surface area contributed by atoms with Crippen LogP contribution < -0.4 is 10.6 Å². The van der Waals surface area contributed by atoms with Gasteiger partial charge in [-0.25, -0.2) is 0 Å². The van der Waals surface area contributed by atoms with Crippen LogP contribution in [0.1, 0.15) is 0 Å². The van der Waals surface area contributed by atoms with Gasteiger partial charge in [-0.05, 0) is 36.5 Å². The molecule has 0 saturated carbocycles. The number of phenols is 2. The predicted octanol–water partition coefficient (Wildman–Crippen LogP) is 2.91. The molecule has 0 radical (unpaired) electrons. The highest BCUT2D eigenvalue weighted by molar-refractivity contribution is 7.80. The summed E-state index contributed by atoms with van der Waals surface area (Å²) in [5.41, 5.74) is 1.29. The van der Waals surface area contributed by atoms with Crippen molar-refractivity contribution in [1.82, 2.24) is 0 Å². The highest BCUT2D eigenvalue weighted by Gasteiger charge is 2.04. The van der Waals surface area contributed by atoms with E-state index in [9.17, 15) is 10.2 Å². The van der Waals surface area contributed by atoms with Gasteiger partial charge in [0.05, 0.1) is 5.69 Å². The van der Waals surface area contributed by atoms with Crippen LogP contribution in [-0.2, 0) is 0 Å². The summed E-state index contributed by atoms with van der Waals surface area (Å²) in [6.07, 6.45) is 0. The number of benzene rings is 2. The first-order valence-corrected chi connectivity index (χ1v) is 5.71. The van der Waals surface area contributed by atoms with E-state index in [0.717, 1.165) is 5.69 Å². The molecule has 2 aromatic carbocycles. The SMILES string of the molecule is Oc1ccc(NC(=S)Nc2ccccc2)c(O)c1. The van der Waals surface area contributed by atoms with Crippen LogP contribution in [0.15, 0.2) is 48.5 Å². The van der Waals surface area contributed by atoms with Gasteiger partial charge in [0.15, 0.2) is 5.11 Å². The fourth-order valence-corrected chi connectivity index (χ4v) is 1.66. The van der Waals surface area contributed by atoms with Crippen LogP contribution in [0.25, 0.3) is 0 Å². The molecule has 5 heteroatoms. The molecule has 0 unspecified atom stereocenters.